The topological polar surface area (TPSA) is 12.5 Å². The molecule has 20 heavy (non-hydrogen) atoms. The molecule has 2 nitrogen and oxygen atoms in total. The van der Waals surface area contributed by atoms with Crippen molar-refractivity contribution < 1.29 is 4.74 Å². The second-order valence-corrected chi connectivity index (χ2v) is 5.96. The van der Waals surface area contributed by atoms with Gasteiger partial charge in [-0.3, -0.25) is 4.90 Å². The molecule has 0 saturated heterocycles. The van der Waals surface area contributed by atoms with Crippen LogP contribution in [0.25, 0.3) is 0 Å². The van der Waals surface area contributed by atoms with Crippen molar-refractivity contribution in [2.24, 2.45) is 0 Å². The molecule has 4 heteroatoms. The molecule has 0 aromatic heterocycles. The SMILES string of the molecule is CN(CCOc1cccc(Br)c1)Cc1ccccc1Cl. The Labute approximate surface area is 133 Å². The molecule has 0 fully saturated rings. The summed E-state index contributed by atoms with van der Waals surface area (Å²) in [6.07, 6.45) is 0. The van der Waals surface area contributed by atoms with Gasteiger partial charge in [0.2, 0.25) is 0 Å². The smallest absolute Gasteiger partial charge is 0.120 e. The fraction of sp³-hybridized carbons (Fsp3) is 0.250. The maximum atomic E-state index is 6.15. The average molecular weight is 355 g/mol. The first-order valence-corrected chi connectivity index (χ1v) is 7.62. The molecule has 0 radical (unpaired) electrons. The van der Waals surface area contributed by atoms with Crippen LogP contribution in [0.15, 0.2) is 53.0 Å². The quantitative estimate of drug-likeness (QED) is 0.751. The minimum absolute atomic E-state index is 0.650. The van der Waals surface area contributed by atoms with Gasteiger partial charge in [0.15, 0.2) is 0 Å². The fourth-order valence-corrected chi connectivity index (χ4v) is 2.45. The summed E-state index contributed by atoms with van der Waals surface area (Å²) in [7, 11) is 2.06. The van der Waals surface area contributed by atoms with Gasteiger partial charge in [-0.2, -0.15) is 0 Å². The summed E-state index contributed by atoms with van der Waals surface area (Å²) in [5, 5.41) is 0.812. The third-order valence-corrected chi connectivity index (χ3v) is 3.80. The van der Waals surface area contributed by atoms with Crippen LogP contribution in [0.5, 0.6) is 5.75 Å². The summed E-state index contributed by atoms with van der Waals surface area (Å²) in [5.41, 5.74) is 1.14. The Hall–Kier alpha value is -1.03. The lowest BCUT2D eigenvalue weighted by Gasteiger charge is -2.17. The van der Waals surface area contributed by atoms with Crippen molar-refractivity contribution in [2.75, 3.05) is 20.2 Å². The zero-order valence-electron chi connectivity index (χ0n) is 11.4. The average Bonchev–Trinajstić information content (AvgIpc) is 2.41. The van der Waals surface area contributed by atoms with E-state index in [1.165, 1.54) is 0 Å². The highest BCUT2D eigenvalue weighted by atomic mass is 79.9. The molecule has 0 amide bonds. The van der Waals surface area contributed by atoms with Gasteiger partial charge in [0, 0.05) is 22.6 Å². The molecule has 2 rings (SSSR count). The highest BCUT2D eigenvalue weighted by molar-refractivity contribution is 9.10. The van der Waals surface area contributed by atoms with Gasteiger partial charge in [0.25, 0.3) is 0 Å². The fourth-order valence-electron chi connectivity index (χ4n) is 1.87. The maximum Gasteiger partial charge on any atom is 0.120 e. The molecule has 0 atom stereocenters. The summed E-state index contributed by atoms with van der Waals surface area (Å²) in [6.45, 7) is 2.32. The lowest BCUT2D eigenvalue weighted by Crippen LogP contribution is -2.24. The van der Waals surface area contributed by atoms with E-state index >= 15 is 0 Å². The lowest BCUT2D eigenvalue weighted by molar-refractivity contribution is 0.233. The first-order valence-electron chi connectivity index (χ1n) is 6.45. The van der Waals surface area contributed by atoms with Gasteiger partial charge in [-0.15, -0.1) is 0 Å². The van der Waals surface area contributed by atoms with E-state index in [1.54, 1.807) is 0 Å². The van der Waals surface area contributed by atoms with E-state index in [1.807, 2.05) is 48.5 Å². The van der Waals surface area contributed by atoms with Gasteiger partial charge in [-0.25, -0.2) is 0 Å². The van der Waals surface area contributed by atoms with Gasteiger partial charge in [-0.1, -0.05) is 51.8 Å². The van der Waals surface area contributed by atoms with Gasteiger partial charge in [-0.05, 0) is 36.9 Å². The summed E-state index contributed by atoms with van der Waals surface area (Å²) < 4.78 is 6.75. The van der Waals surface area contributed by atoms with Crippen molar-refractivity contribution in [2.45, 2.75) is 6.54 Å². The number of benzene rings is 2. The molecule has 0 bridgehead atoms. The summed E-state index contributed by atoms with van der Waals surface area (Å²) in [5.74, 6) is 0.880. The van der Waals surface area contributed by atoms with Crippen LogP contribution < -0.4 is 4.74 Å². The van der Waals surface area contributed by atoms with Crippen molar-refractivity contribution in [3.8, 4) is 5.75 Å². The first-order chi connectivity index (χ1) is 9.65. The van der Waals surface area contributed by atoms with Crippen LogP contribution in [-0.2, 0) is 6.54 Å². The van der Waals surface area contributed by atoms with E-state index in [4.69, 9.17) is 16.3 Å². The van der Waals surface area contributed by atoms with Gasteiger partial charge >= 0.3 is 0 Å². The largest absolute Gasteiger partial charge is 0.492 e. The molecule has 0 unspecified atom stereocenters. The Morgan fingerprint density at radius 2 is 1.95 bits per heavy atom. The normalized spacial score (nSPS) is 10.8. The molecular weight excluding hydrogens is 338 g/mol. The van der Waals surface area contributed by atoms with Crippen molar-refractivity contribution in [3.63, 3.8) is 0 Å². The number of hydrogen-bond acceptors (Lipinski definition) is 2. The molecular formula is C16H17BrClNO. The predicted molar refractivity (Wildman–Crippen MR) is 87.4 cm³/mol. The molecule has 2 aromatic carbocycles. The van der Waals surface area contributed by atoms with Crippen LogP contribution >= 0.6 is 27.5 Å². The number of hydrogen-bond donors (Lipinski definition) is 0. The van der Waals surface area contributed by atoms with Crippen molar-refractivity contribution in [3.05, 3.63) is 63.6 Å². The van der Waals surface area contributed by atoms with E-state index in [0.717, 1.165) is 33.9 Å². The molecule has 0 spiro atoms. The predicted octanol–water partition coefficient (Wildman–Crippen LogP) is 4.61. The Bertz CT molecular complexity index is 562. The molecule has 0 saturated carbocycles. The van der Waals surface area contributed by atoms with E-state index in [-0.39, 0.29) is 0 Å². The Balaban J connectivity index is 1.78. The van der Waals surface area contributed by atoms with Gasteiger partial charge in [0.05, 0.1) is 0 Å². The Kier molecular flexibility index (Phi) is 5.89. The van der Waals surface area contributed by atoms with Crippen LogP contribution in [0.2, 0.25) is 5.02 Å². The third-order valence-electron chi connectivity index (χ3n) is 2.94. The molecule has 0 heterocycles. The molecule has 106 valence electrons. The molecule has 0 aliphatic carbocycles. The summed E-state index contributed by atoms with van der Waals surface area (Å²) >= 11 is 9.58. The van der Waals surface area contributed by atoms with Crippen molar-refractivity contribution in [1.82, 2.24) is 4.90 Å². The number of nitrogens with zero attached hydrogens (tertiary/aromatic N) is 1. The molecule has 0 aliphatic heterocycles. The van der Waals surface area contributed by atoms with E-state index in [9.17, 15) is 0 Å². The number of ether oxygens (including phenoxy) is 1. The highest BCUT2D eigenvalue weighted by Gasteiger charge is 2.04. The monoisotopic (exact) mass is 353 g/mol. The molecule has 0 aliphatic rings. The zero-order valence-corrected chi connectivity index (χ0v) is 13.7. The van der Waals surface area contributed by atoms with Crippen LogP contribution in [-0.4, -0.2) is 25.1 Å². The van der Waals surface area contributed by atoms with E-state index in [0.29, 0.717) is 6.61 Å². The second kappa shape index (κ2) is 7.67. The molecule has 0 N–H and O–H groups in total. The summed E-state index contributed by atoms with van der Waals surface area (Å²) in [6, 6.07) is 15.8. The number of likely N-dealkylation sites (N-methyl/N-ethyl adjacent to an activating group) is 1. The number of halogens is 2. The zero-order chi connectivity index (χ0) is 14.4. The lowest BCUT2D eigenvalue weighted by atomic mass is 10.2. The minimum atomic E-state index is 0.650. The van der Waals surface area contributed by atoms with Crippen LogP contribution in [0.4, 0.5) is 0 Å². The van der Waals surface area contributed by atoms with E-state index in [2.05, 4.69) is 27.9 Å². The van der Waals surface area contributed by atoms with Crippen LogP contribution in [0.3, 0.4) is 0 Å². The minimum Gasteiger partial charge on any atom is -0.492 e. The van der Waals surface area contributed by atoms with Crippen molar-refractivity contribution in [1.29, 1.82) is 0 Å². The standard InChI is InChI=1S/C16H17BrClNO/c1-19(12-13-5-2-3-8-16(13)18)9-10-20-15-7-4-6-14(17)11-15/h2-8,11H,9-10,12H2,1H3. The highest BCUT2D eigenvalue weighted by Crippen LogP contribution is 2.18. The number of rotatable bonds is 6. The van der Waals surface area contributed by atoms with Gasteiger partial charge < -0.3 is 4.74 Å². The van der Waals surface area contributed by atoms with Gasteiger partial charge in [0.1, 0.15) is 12.4 Å². The maximum absolute atomic E-state index is 6.15. The second-order valence-electron chi connectivity index (χ2n) is 4.64. The first kappa shape index (κ1) is 15.4. The summed E-state index contributed by atoms with van der Waals surface area (Å²) in [4.78, 5) is 2.19. The van der Waals surface area contributed by atoms with Crippen LogP contribution in [0, 0.1) is 0 Å². The third kappa shape index (κ3) is 4.82. The molecule has 2 aromatic rings. The van der Waals surface area contributed by atoms with Crippen LogP contribution in [0.1, 0.15) is 5.56 Å². The Morgan fingerprint density at radius 3 is 2.70 bits per heavy atom. The Morgan fingerprint density at radius 1 is 1.15 bits per heavy atom. The van der Waals surface area contributed by atoms with E-state index < -0.39 is 0 Å². The van der Waals surface area contributed by atoms with Crippen molar-refractivity contribution >= 4 is 27.5 Å².